The summed E-state index contributed by atoms with van der Waals surface area (Å²) in [6, 6.07) is 20.5. The molecule has 1 amide bonds. The highest BCUT2D eigenvalue weighted by molar-refractivity contribution is 5.80. The Bertz CT molecular complexity index is 1560. The molecule has 208 valence electrons. The van der Waals surface area contributed by atoms with Crippen LogP contribution in [0.2, 0.25) is 0 Å². The second kappa shape index (κ2) is 10.3. The van der Waals surface area contributed by atoms with Crippen LogP contribution >= 0.6 is 0 Å². The second-order valence-electron chi connectivity index (χ2n) is 11.2. The van der Waals surface area contributed by atoms with E-state index in [-0.39, 0.29) is 50.1 Å². The average molecular weight is 547 g/mol. The fourth-order valence-electron chi connectivity index (χ4n) is 6.30. The van der Waals surface area contributed by atoms with E-state index >= 15 is 0 Å². The van der Waals surface area contributed by atoms with E-state index in [1.807, 2.05) is 65.2 Å². The molecule has 3 heterocycles. The normalized spacial score (nSPS) is 22.3. The van der Waals surface area contributed by atoms with Gasteiger partial charge in [-0.05, 0) is 43.0 Å². The highest BCUT2D eigenvalue weighted by Gasteiger charge is 2.46. The van der Waals surface area contributed by atoms with E-state index in [1.165, 1.54) is 10.9 Å². The lowest BCUT2D eigenvalue weighted by Crippen LogP contribution is -2.52. The maximum Gasteiger partial charge on any atom is 0.262 e. The molecule has 0 unspecified atom stereocenters. The van der Waals surface area contributed by atoms with Crippen molar-refractivity contribution in [2.75, 3.05) is 13.1 Å². The zero-order valence-corrected chi connectivity index (χ0v) is 22.1. The van der Waals surface area contributed by atoms with Crippen LogP contribution in [0.1, 0.15) is 43.6 Å². The molecule has 6 rings (SSSR count). The molecule has 2 fully saturated rings. The number of para-hydroxylation sites is 1. The molecule has 0 bridgehead atoms. The Morgan fingerprint density at radius 1 is 0.975 bits per heavy atom. The zero-order chi connectivity index (χ0) is 27.9. The predicted molar refractivity (Wildman–Crippen MR) is 148 cm³/mol. The summed E-state index contributed by atoms with van der Waals surface area (Å²) < 4.78 is 32.0. The first kappa shape index (κ1) is 26.4. The molecule has 1 saturated carbocycles. The summed E-state index contributed by atoms with van der Waals surface area (Å²) >= 11 is 0. The molecule has 1 aliphatic heterocycles. The van der Waals surface area contributed by atoms with Crippen LogP contribution in [0.3, 0.4) is 0 Å². The third kappa shape index (κ3) is 5.06. The number of nitrogens with zero attached hydrogens (tertiary/aromatic N) is 4. The number of piperidine rings is 1. The Labute approximate surface area is 230 Å². The summed E-state index contributed by atoms with van der Waals surface area (Å²) in [5.74, 6) is -3.98. The van der Waals surface area contributed by atoms with Gasteiger partial charge in [0.2, 0.25) is 11.8 Å². The molecule has 2 aromatic heterocycles. The fraction of sp³-hybridized carbons (Fsp3) is 0.387. The molecule has 40 heavy (non-hydrogen) atoms. The van der Waals surface area contributed by atoms with E-state index in [0.29, 0.717) is 24.1 Å². The molecule has 9 heteroatoms. The van der Waals surface area contributed by atoms with Gasteiger partial charge in [-0.25, -0.2) is 13.8 Å². The molecule has 4 aromatic rings. The van der Waals surface area contributed by atoms with Gasteiger partial charge in [0.25, 0.3) is 5.56 Å². The Morgan fingerprint density at radius 3 is 2.35 bits per heavy atom. The molecule has 1 saturated heterocycles. The van der Waals surface area contributed by atoms with Gasteiger partial charge in [0.15, 0.2) is 5.65 Å². The van der Waals surface area contributed by atoms with E-state index in [9.17, 15) is 23.5 Å². The number of aliphatic hydroxyl groups is 1. The van der Waals surface area contributed by atoms with E-state index in [4.69, 9.17) is 0 Å². The predicted octanol–water partition coefficient (Wildman–Crippen LogP) is 4.76. The Hall–Kier alpha value is -3.85. The molecular weight excluding hydrogens is 514 g/mol. The van der Waals surface area contributed by atoms with Crippen molar-refractivity contribution in [3.8, 4) is 5.69 Å². The van der Waals surface area contributed by atoms with Crippen LogP contribution in [0, 0.1) is 5.92 Å². The number of rotatable bonds is 5. The van der Waals surface area contributed by atoms with Crippen molar-refractivity contribution in [3.63, 3.8) is 0 Å². The molecule has 2 atom stereocenters. The van der Waals surface area contributed by atoms with Crippen LogP contribution in [0.4, 0.5) is 8.78 Å². The van der Waals surface area contributed by atoms with Gasteiger partial charge < -0.3 is 14.6 Å². The summed E-state index contributed by atoms with van der Waals surface area (Å²) in [4.78, 5) is 33.0. The van der Waals surface area contributed by atoms with Crippen LogP contribution in [0.15, 0.2) is 84.0 Å². The maximum absolute atomic E-state index is 14.4. The number of fused-ring (bicyclic) bond motifs is 1. The van der Waals surface area contributed by atoms with Crippen LogP contribution < -0.4 is 5.56 Å². The number of halogens is 2. The number of likely N-dealkylation sites (tertiary alicyclic amines) is 1. The van der Waals surface area contributed by atoms with Crippen LogP contribution in [0.5, 0.6) is 0 Å². The van der Waals surface area contributed by atoms with Gasteiger partial charge in [-0.3, -0.25) is 14.2 Å². The number of aromatic nitrogens is 3. The van der Waals surface area contributed by atoms with Crippen molar-refractivity contribution in [2.45, 2.75) is 56.1 Å². The summed E-state index contributed by atoms with van der Waals surface area (Å²) in [5.41, 5.74) is 0.786. The molecule has 0 radical (unpaired) electrons. The number of carbonyl (C=O) groups excluding carboxylic acids is 1. The molecule has 2 aromatic carbocycles. The fourth-order valence-corrected chi connectivity index (χ4v) is 6.30. The Balaban J connectivity index is 1.15. The lowest BCUT2D eigenvalue weighted by Gasteiger charge is -2.42. The topological polar surface area (TPSA) is 80.4 Å². The SMILES string of the molecule is O=C([C@@H]1CCC(F)(F)C[C@H]1c1ccccc1)N1CCC(O)(Cn2cnc3c(ccn3-c3ccccc3)c2=O)CC1. The first-order chi connectivity index (χ1) is 19.2. The second-order valence-corrected chi connectivity index (χ2v) is 11.2. The van der Waals surface area contributed by atoms with Crippen LogP contribution in [-0.2, 0) is 11.3 Å². The first-order valence-electron chi connectivity index (χ1n) is 13.8. The lowest BCUT2D eigenvalue weighted by atomic mass is 9.73. The minimum Gasteiger partial charge on any atom is -0.388 e. The van der Waals surface area contributed by atoms with Gasteiger partial charge in [0.05, 0.1) is 17.5 Å². The number of amides is 1. The molecule has 1 N–H and O–H groups in total. The monoisotopic (exact) mass is 546 g/mol. The Kier molecular flexibility index (Phi) is 6.78. The van der Waals surface area contributed by atoms with E-state index in [2.05, 4.69) is 4.98 Å². The van der Waals surface area contributed by atoms with Crippen molar-refractivity contribution in [1.82, 2.24) is 19.0 Å². The van der Waals surface area contributed by atoms with Crippen LogP contribution in [0.25, 0.3) is 16.7 Å². The lowest BCUT2D eigenvalue weighted by molar-refractivity contribution is -0.145. The number of hydrogen-bond acceptors (Lipinski definition) is 4. The number of alkyl halides is 2. The first-order valence-corrected chi connectivity index (χ1v) is 13.8. The standard InChI is InChI=1S/C31H32F2N4O3/c32-31(33)13-11-24(26(19-31)22-7-3-1-4-8-22)28(38)35-17-14-30(40,15-18-35)20-36-21-34-27-25(29(36)39)12-16-37(27)23-9-5-2-6-10-23/h1-10,12,16,21,24,26,40H,11,13-15,17-20H2/t24-,26+/m1/s1. The van der Waals surface area contributed by atoms with E-state index < -0.39 is 23.4 Å². The van der Waals surface area contributed by atoms with Gasteiger partial charge in [0, 0.05) is 49.7 Å². The summed E-state index contributed by atoms with van der Waals surface area (Å²) in [5, 5.41) is 11.8. The van der Waals surface area contributed by atoms with Gasteiger partial charge in [-0.15, -0.1) is 0 Å². The minimum atomic E-state index is -2.79. The van der Waals surface area contributed by atoms with Gasteiger partial charge in [0.1, 0.15) is 6.33 Å². The summed E-state index contributed by atoms with van der Waals surface area (Å²) in [6.07, 6.45) is 3.34. The van der Waals surface area contributed by atoms with Crippen molar-refractivity contribution >= 4 is 16.9 Å². The number of carbonyl (C=O) groups is 1. The van der Waals surface area contributed by atoms with Crippen LogP contribution in [-0.4, -0.2) is 54.6 Å². The van der Waals surface area contributed by atoms with E-state index in [0.717, 1.165) is 11.3 Å². The third-order valence-electron chi connectivity index (χ3n) is 8.55. The quantitative estimate of drug-likeness (QED) is 0.392. The molecule has 2 aliphatic rings. The third-order valence-corrected chi connectivity index (χ3v) is 8.55. The molecule has 0 spiro atoms. The highest BCUT2D eigenvalue weighted by atomic mass is 19.3. The summed E-state index contributed by atoms with van der Waals surface area (Å²) in [7, 11) is 0. The molecule has 7 nitrogen and oxygen atoms in total. The Morgan fingerprint density at radius 2 is 1.65 bits per heavy atom. The van der Waals surface area contributed by atoms with Crippen molar-refractivity contribution in [3.05, 3.63) is 95.2 Å². The van der Waals surface area contributed by atoms with Crippen molar-refractivity contribution in [1.29, 1.82) is 0 Å². The molecule has 1 aliphatic carbocycles. The number of hydrogen-bond donors (Lipinski definition) is 1. The zero-order valence-electron chi connectivity index (χ0n) is 22.1. The largest absolute Gasteiger partial charge is 0.388 e. The van der Waals surface area contributed by atoms with Crippen molar-refractivity contribution in [2.24, 2.45) is 5.92 Å². The van der Waals surface area contributed by atoms with Crippen molar-refractivity contribution < 1.29 is 18.7 Å². The van der Waals surface area contributed by atoms with Gasteiger partial charge in [-0.1, -0.05) is 48.5 Å². The smallest absolute Gasteiger partial charge is 0.262 e. The summed E-state index contributed by atoms with van der Waals surface area (Å²) in [6.45, 7) is 0.673. The number of benzene rings is 2. The van der Waals surface area contributed by atoms with E-state index in [1.54, 1.807) is 17.2 Å². The highest BCUT2D eigenvalue weighted by Crippen LogP contribution is 2.46. The van der Waals surface area contributed by atoms with Gasteiger partial charge >= 0.3 is 0 Å². The maximum atomic E-state index is 14.4. The average Bonchev–Trinajstić information content (AvgIpc) is 3.40. The van der Waals surface area contributed by atoms with Gasteiger partial charge in [-0.2, -0.15) is 0 Å². The minimum absolute atomic E-state index is 0.0651. The molecular formula is C31H32F2N4O3.